The molecule has 2 aliphatic heterocycles. The van der Waals surface area contributed by atoms with Crippen LogP contribution in [0.3, 0.4) is 0 Å². The number of piperazine rings is 1. The van der Waals surface area contributed by atoms with Crippen molar-refractivity contribution in [2.24, 2.45) is 4.99 Å². The minimum atomic E-state index is 0.0948. The molecule has 3 heterocycles. The lowest BCUT2D eigenvalue weighted by Gasteiger charge is -2.34. The van der Waals surface area contributed by atoms with Crippen molar-refractivity contribution in [2.75, 3.05) is 38.5 Å². The van der Waals surface area contributed by atoms with E-state index in [0.29, 0.717) is 5.76 Å². The number of hydrogen-bond donors (Lipinski definition) is 2. The second kappa shape index (κ2) is 7.62. The number of aryl methyl sites for hydroxylation is 1. The Morgan fingerprint density at radius 1 is 1.44 bits per heavy atom. The summed E-state index contributed by atoms with van der Waals surface area (Å²) in [7, 11) is 2.17. The number of amidine groups is 1. The molecule has 136 valence electrons. The molecule has 0 radical (unpaired) electrons. The number of aliphatic hydroxyl groups is 1. The van der Waals surface area contributed by atoms with Gasteiger partial charge in [0, 0.05) is 31.1 Å². The second-order valence-corrected chi connectivity index (χ2v) is 8.19. The van der Waals surface area contributed by atoms with Gasteiger partial charge in [0.25, 0.3) is 0 Å². The first-order valence-corrected chi connectivity index (χ1v) is 9.69. The molecule has 2 aliphatic rings. The van der Waals surface area contributed by atoms with Crippen molar-refractivity contribution in [1.29, 1.82) is 0 Å². The predicted octanol–water partition coefficient (Wildman–Crippen LogP) is 3.60. The van der Waals surface area contributed by atoms with Gasteiger partial charge < -0.3 is 20.2 Å². The number of allylic oxidation sites excluding steroid dienone is 2. The van der Waals surface area contributed by atoms with Crippen LogP contribution in [0.15, 0.2) is 35.2 Å². The Morgan fingerprint density at radius 2 is 2.16 bits per heavy atom. The topological polar surface area (TPSA) is 51.1 Å². The zero-order valence-corrected chi connectivity index (χ0v) is 16.2. The standard InChI is InChI=1S/C19H28N4OS/c1-13(24)6-5-7-17-15(3)20-18(23-10-8-22(4)9-11-23)16-12-14(2)25-19(16)21-17/h6,12,17,21,24H,3,5,7-11H2,1-2,4H3/b13-6+. The third kappa shape index (κ3) is 4.25. The number of likely N-dealkylation sites (N-methyl/N-ethyl adjacent to an activating group) is 1. The van der Waals surface area contributed by atoms with Gasteiger partial charge in [-0.3, -0.25) is 0 Å². The van der Waals surface area contributed by atoms with E-state index >= 15 is 0 Å². The van der Waals surface area contributed by atoms with Crippen LogP contribution in [0.4, 0.5) is 5.00 Å². The number of aliphatic hydroxyl groups excluding tert-OH is 1. The number of thiophene rings is 1. The van der Waals surface area contributed by atoms with Crippen molar-refractivity contribution < 1.29 is 5.11 Å². The van der Waals surface area contributed by atoms with E-state index in [1.165, 1.54) is 15.4 Å². The molecule has 0 saturated carbocycles. The van der Waals surface area contributed by atoms with Crippen LogP contribution in [0.5, 0.6) is 0 Å². The molecule has 1 atom stereocenters. The number of nitrogens with zero attached hydrogens (tertiary/aromatic N) is 3. The Kier molecular flexibility index (Phi) is 5.49. The summed E-state index contributed by atoms with van der Waals surface area (Å²) in [5.41, 5.74) is 2.07. The second-order valence-electron chi connectivity index (χ2n) is 6.94. The van der Waals surface area contributed by atoms with Crippen LogP contribution >= 0.6 is 11.3 Å². The molecule has 0 amide bonds. The van der Waals surface area contributed by atoms with Crippen LogP contribution in [0.1, 0.15) is 30.2 Å². The lowest BCUT2D eigenvalue weighted by molar-refractivity contribution is 0.215. The van der Waals surface area contributed by atoms with Crippen LogP contribution < -0.4 is 5.32 Å². The number of rotatable bonds is 3. The SMILES string of the molecule is C=C1N=C(N2CCN(C)CC2)c2cc(C)sc2NC1CC/C=C(\C)O. The van der Waals surface area contributed by atoms with E-state index in [4.69, 9.17) is 4.99 Å². The molecule has 0 aliphatic carbocycles. The number of anilines is 1. The highest BCUT2D eigenvalue weighted by Gasteiger charge is 2.27. The highest BCUT2D eigenvalue weighted by Crippen LogP contribution is 2.34. The van der Waals surface area contributed by atoms with E-state index < -0.39 is 0 Å². The van der Waals surface area contributed by atoms with E-state index in [-0.39, 0.29) is 6.04 Å². The van der Waals surface area contributed by atoms with E-state index in [2.05, 4.69) is 41.7 Å². The zero-order chi connectivity index (χ0) is 18.0. The molecular formula is C19H28N4OS. The Balaban J connectivity index is 1.86. The fraction of sp³-hybridized carbons (Fsp3) is 0.526. The fourth-order valence-electron chi connectivity index (χ4n) is 3.26. The fourth-order valence-corrected chi connectivity index (χ4v) is 4.22. The quantitative estimate of drug-likeness (QED) is 0.809. The van der Waals surface area contributed by atoms with Gasteiger partial charge in [0.1, 0.15) is 10.8 Å². The zero-order valence-electron chi connectivity index (χ0n) is 15.4. The summed E-state index contributed by atoms with van der Waals surface area (Å²) in [5, 5.41) is 14.2. The minimum Gasteiger partial charge on any atom is -0.513 e. The number of nitrogens with one attached hydrogen (secondary N) is 1. The Hall–Kier alpha value is -1.79. The third-order valence-corrected chi connectivity index (χ3v) is 5.73. The number of fused-ring (bicyclic) bond motifs is 1. The molecule has 0 spiro atoms. The Bertz CT molecular complexity index is 694. The van der Waals surface area contributed by atoms with Gasteiger partial charge in [-0.2, -0.15) is 0 Å². The molecule has 1 saturated heterocycles. The maximum atomic E-state index is 9.38. The van der Waals surface area contributed by atoms with Gasteiger partial charge in [0.05, 0.1) is 23.1 Å². The first-order chi connectivity index (χ1) is 11.9. The van der Waals surface area contributed by atoms with Crippen molar-refractivity contribution >= 4 is 22.2 Å². The van der Waals surface area contributed by atoms with E-state index in [1.807, 2.05) is 6.08 Å². The molecule has 3 rings (SSSR count). The number of hydrogen-bond acceptors (Lipinski definition) is 6. The normalized spacial score (nSPS) is 22.3. The van der Waals surface area contributed by atoms with Crippen molar-refractivity contribution in [3.63, 3.8) is 0 Å². The maximum Gasteiger partial charge on any atom is 0.139 e. The molecule has 1 fully saturated rings. The molecule has 0 bridgehead atoms. The van der Waals surface area contributed by atoms with Crippen LogP contribution in [0.2, 0.25) is 0 Å². The molecule has 2 N–H and O–H groups in total. The smallest absolute Gasteiger partial charge is 0.139 e. The maximum absolute atomic E-state index is 9.38. The van der Waals surface area contributed by atoms with Crippen molar-refractivity contribution in [3.05, 3.63) is 40.6 Å². The van der Waals surface area contributed by atoms with Gasteiger partial charge in [0.15, 0.2) is 0 Å². The molecule has 6 heteroatoms. The van der Waals surface area contributed by atoms with Crippen LogP contribution in [0, 0.1) is 6.92 Å². The van der Waals surface area contributed by atoms with Crippen molar-refractivity contribution in [1.82, 2.24) is 9.80 Å². The summed E-state index contributed by atoms with van der Waals surface area (Å²) < 4.78 is 0. The van der Waals surface area contributed by atoms with Crippen LogP contribution in [-0.2, 0) is 0 Å². The predicted molar refractivity (Wildman–Crippen MR) is 107 cm³/mol. The Morgan fingerprint density at radius 3 is 2.84 bits per heavy atom. The molecule has 25 heavy (non-hydrogen) atoms. The summed E-state index contributed by atoms with van der Waals surface area (Å²) in [6.45, 7) is 12.2. The van der Waals surface area contributed by atoms with Gasteiger partial charge in [-0.15, -0.1) is 11.3 Å². The summed E-state index contributed by atoms with van der Waals surface area (Å²) in [5.74, 6) is 1.43. The molecule has 1 aromatic rings. The highest BCUT2D eigenvalue weighted by atomic mass is 32.1. The summed E-state index contributed by atoms with van der Waals surface area (Å²) in [6, 6.07) is 2.33. The van der Waals surface area contributed by atoms with Gasteiger partial charge in [-0.25, -0.2) is 4.99 Å². The van der Waals surface area contributed by atoms with E-state index in [0.717, 1.165) is 50.6 Å². The lowest BCUT2D eigenvalue weighted by Crippen LogP contribution is -2.47. The molecule has 1 aromatic heterocycles. The molecule has 5 nitrogen and oxygen atoms in total. The molecular weight excluding hydrogens is 332 g/mol. The van der Waals surface area contributed by atoms with Crippen LogP contribution in [0.25, 0.3) is 0 Å². The van der Waals surface area contributed by atoms with Gasteiger partial charge in [-0.1, -0.05) is 6.58 Å². The van der Waals surface area contributed by atoms with Crippen molar-refractivity contribution in [3.8, 4) is 0 Å². The average molecular weight is 361 g/mol. The van der Waals surface area contributed by atoms with Crippen molar-refractivity contribution in [2.45, 2.75) is 32.7 Å². The average Bonchev–Trinajstić information content (AvgIpc) is 2.86. The van der Waals surface area contributed by atoms with E-state index in [1.54, 1.807) is 18.3 Å². The number of aliphatic imine (C=N–C) groups is 1. The first kappa shape index (κ1) is 18.0. The van der Waals surface area contributed by atoms with Gasteiger partial charge in [-0.05, 0) is 45.9 Å². The van der Waals surface area contributed by atoms with Crippen LogP contribution in [-0.4, -0.2) is 60.0 Å². The summed E-state index contributed by atoms with van der Waals surface area (Å²) in [6.07, 6.45) is 3.52. The molecule has 0 aromatic carbocycles. The minimum absolute atomic E-state index is 0.0948. The van der Waals surface area contributed by atoms with Gasteiger partial charge in [0.2, 0.25) is 0 Å². The Labute approximate surface area is 154 Å². The largest absolute Gasteiger partial charge is 0.513 e. The molecule has 1 unspecified atom stereocenters. The summed E-state index contributed by atoms with van der Waals surface area (Å²) in [4.78, 5) is 11.0. The summed E-state index contributed by atoms with van der Waals surface area (Å²) >= 11 is 1.78. The van der Waals surface area contributed by atoms with E-state index in [9.17, 15) is 5.11 Å². The highest BCUT2D eigenvalue weighted by molar-refractivity contribution is 7.16. The van der Waals surface area contributed by atoms with Gasteiger partial charge >= 0.3 is 0 Å². The monoisotopic (exact) mass is 360 g/mol. The lowest BCUT2D eigenvalue weighted by atomic mass is 10.1. The first-order valence-electron chi connectivity index (χ1n) is 8.88. The third-order valence-electron chi connectivity index (χ3n) is 4.75.